The van der Waals surface area contributed by atoms with Crippen molar-refractivity contribution >= 4 is 28.9 Å². The number of aromatic amines is 1. The topological polar surface area (TPSA) is 54.9 Å². The van der Waals surface area contributed by atoms with Crippen molar-refractivity contribution in [1.82, 2.24) is 9.55 Å². The quantitative estimate of drug-likeness (QED) is 0.723. The third kappa shape index (κ3) is 1.10. The molecule has 1 aromatic carbocycles. The molecule has 15 heavy (non-hydrogen) atoms. The van der Waals surface area contributed by atoms with E-state index in [1.165, 1.54) is 16.3 Å². The fourth-order valence-electron chi connectivity index (χ4n) is 1.68. The smallest absolute Gasteiger partial charge is 0.273 e. The van der Waals surface area contributed by atoms with Crippen LogP contribution >= 0.6 is 11.8 Å². The van der Waals surface area contributed by atoms with Gasteiger partial charge in [0.1, 0.15) is 0 Å². The predicted octanol–water partition coefficient (Wildman–Crippen LogP) is 1.22. The van der Waals surface area contributed by atoms with Gasteiger partial charge in [-0.05, 0) is 17.5 Å². The zero-order valence-corrected chi connectivity index (χ0v) is 8.38. The van der Waals surface area contributed by atoms with Gasteiger partial charge in [0, 0.05) is 11.1 Å². The Morgan fingerprint density at radius 1 is 1.27 bits per heavy atom. The Labute approximate surface area is 88.2 Å². The van der Waals surface area contributed by atoms with E-state index in [9.17, 15) is 9.59 Å². The van der Waals surface area contributed by atoms with Crippen LogP contribution in [-0.2, 0) is 0 Å². The highest BCUT2D eigenvalue weighted by Gasteiger charge is 2.12. The summed E-state index contributed by atoms with van der Waals surface area (Å²) in [5.74, 6) is 0. The van der Waals surface area contributed by atoms with E-state index in [0.29, 0.717) is 10.9 Å². The molecule has 1 aliphatic rings. The number of hydrogen-bond acceptors (Lipinski definition) is 3. The van der Waals surface area contributed by atoms with Crippen molar-refractivity contribution in [2.75, 3.05) is 0 Å². The average Bonchev–Trinajstić information content (AvgIpc) is 2.25. The van der Waals surface area contributed by atoms with Crippen molar-refractivity contribution in [3.63, 3.8) is 0 Å². The van der Waals surface area contributed by atoms with Gasteiger partial charge in [-0.25, -0.2) is 4.79 Å². The van der Waals surface area contributed by atoms with Crippen LogP contribution in [0.1, 0.15) is 0 Å². The number of benzene rings is 1. The van der Waals surface area contributed by atoms with E-state index >= 15 is 0 Å². The summed E-state index contributed by atoms with van der Waals surface area (Å²) in [5, 5.41) is 2.37. The Hall–Kier alpha value is -1.75. The van der Waals surface area contributed by atoms with Gasteiger partial charge in [0.2, 0.25) is 0 Å². The van der Waals surface area contributed by atoms with Crippen LogP contribution in [0.2, 0.25) is 0 Å². The zero-order chi connectivity index (χ0) is 10.4. The van der Waals surface area contributed by atoms with Gasteiger partial charge in [-0.2, -0.15) is 0 Å². The molecule has 0 unspecified atom stereocenters. The lowest BCUT2D eigenvalue weighted by Gasteiger charge is -2.11. The van der Waals surface area contributed by atoms with Crippen molar-refractivity contribution in [2.45, 2.75) is 4.90 Å². The van der Waals surface area contributed by atoms with E-state index in [1.807, 2.05) is 17.5 Å². The fourth-order valence-corrected chi connectivity index (χ4v) is 2.49. The van der Waals surface area contributed by atoms with Gasteiger partial charge in [0.25, 0.3) is 5.56 Å². The van der Waals surface area contributed by atoms with Gasteiger partial charge >= 0.3 is 5.69 Å². The molecular formula is C10H6N2O2S. The van der Waals surface area contributed by atoms with Gasteiger partial charge in [0.15, 0.2) is 0 Å². The SMILES string of the molecule is O=c1[nH]c(=O)n2c3c(cccc13)SC=C2. The van der Waals surface area contributed by atoms with E-state index in [1.54, 1.807) is 12.3 Å². The molecule has 1 aliphatic heterocycles. The molecule has 0 atom stereocenters. The Morgan fingerprint density at radius 3 is 3.00 bits per heavy atom. The van der Waals surface area contributed by atoms with E-state index in [-0.39, 0.29) is 5.56 Å². The standard InChI is InChI=1S/C10H6N2O2S/c13-9-6-2-1-3-7-8(6)12(4-5-15-7)10(14)11-9/h1-5H,(H,11,13,14). The first-order valence-corrected chi connectivity index (χ1v) is 5.26. The minimum Gasteiger partial charge on any atom is -0.273 e. The molecule has 0 saturated carbocycles. The number of hydrogen-bond donors (Lipinski definition) is 1. The number of nitrogens with zero attached hydrogens (tertiary/aromatic N) is 1. The summed E-state index contributed by atoms with van der Waals surface area (Å²) >= 11 is 1.51. The summed E-state index contributed by atoms with van der Waals surface area (Å²) in [6, 6.07) is 5.42. The lowest BCUT2D eigenvalue weighted by atomic mass is 10.2. The Kier molecular flexibility index (Phi) is 1.63. The molecule has 0 radical (unpaired) electrons. The molecule has 0 amide bonds. The molecule has 2 heterocycles. The molecule has 3 rings (SSSR count). The van der Waals surface area contributed by atoms with Crippen molar-refractivity contribution in [3.8, 4) is 0 Å². The number of aromatic nitrogens is 2. The lowest BCUT2D eigenvalue weighted by Crippen LogP contribution is -2.28. The lowest BCUT2D eigenvalue weighted by molar-refractivity contribution is 0.975. The molecular weight excluding hydrogens is 212 g/mol. The summed E-state index contributed by atoms with van der Waals surface area (Å²) in [5.41, 5.74) is -0.0285. The van der Waals surface area contributed by atoms with Crippen molar-refractivity contribution < 1.29 is 0 Å². The van der Waals surface area contributed by atoms with Crippen LogP contribution in [0.5, 0.6) is 0 Å². The zero-order valence-electron chi connectivity index (χ0n) is 7.56. The number of rotatable bonds is 0. The molecule has 2 aromatic rings. The fraction of sp³-hybridized carbons (Fsp3) is 0. The van der Waals surface area contributed by atoms with E-state index in [0.717, 1.165) is 4.90 Å². The molecule has 0 spiro atoms. The van der Waals surface area contributed by atoms with E-state index in [4.69, 9.17) is 0 Å². The number of nitrogens with one attached hydrogen (secondary N) is 1. The monoisotopic (exact) mass is 218 g/mol. The minimum absolute atomic E-state index is 0.330. The second kappa shape index (κ2) is 2.87. The normalized spacial score (nSPS) is 13.3. The summed E-state index contributed by atoms with van der Waals surface area (Å²) in [6.45, 7) is 0. The van der Waals surface area contributed by atoms with Crippen molar-refractivity contribution in [2.24, 2.45) is 0 Å². The molecule has 0 bridgehead atoms. The first-order valence-electron chi connectivity index (χ1n) is 4.38. The van der Waals surface area contributed by atoms with Crippen LogP contribution in [0.4, 0.5) is 0 Å². The molecule has 0 saturated heterocycles. The molecule has 1 N–H and O–H groups in total. The highest BCUT2D eigenvalue weighted by atomic mass is 32.2. The Balaban J connectivity index is 2.71. The van der Waals surface area contributed by atoms with Gasteiger partial charge in [-0.1, -0.05) is 17.8 Å². The molecule has 4 nitrogen and oxygen atoms in total. The first kappa shape index (κ1) is 8.55. The van der Waals surface area contributed by atoms with Crippen LogP contribution < -0.4 is 11.2 Å². The highest BCUT2D eigenvalue weighted by Crippen LogP contribution is 2.29. The summed E-state index contributed by atoms with van der Waals surface area (Å²) in [6.07, 6.45) is 1.66. The first-order chi connectivity index (χ1) is 7.27. The molecule has 5 heteroatoms. The van der Waals surface area contributed by atoms with E-state index < -0.39 is 5.69 Å². The van der Waals surface area contributed by atoms with Gasteiger partial charge in [-0.15, -0.1) is 0 Å². The minimum atomic E-state index is -0.392. The molecule has 0 aliphatic carbocycles. The van der Waals surface area contributed by atoms with Gasteiger partial charge < -0.3 is 0 Å². The molecule has 74 valence electrons. The maximum absolute atomic E-state index is 11.5. The average molecular weight is 218 g/mol. The molecule has 1 aromatic heterocycles. The number of thioether (sulfide) groups is 1. The van der Waals surface area contributed by atoms with Crippen LogP contribution in [0.3, 0.4) is 0 Å². The third-order valence-corrected chi connectivity index (χ3v) is 3.17. The van der Waals surface area contributed by atoms with Crippen molar-refractivity contribution in [1.29, 1.82) is 0 Å². The Morgan fingerprint density at radius 2 is 2.13 bits per heavy atom. The largest absolute Gasteiger partial charge is 0.332 e. The van der Waals surface area contributed by atoms with Gasteiger partial charge in [-0.3, -0.25) is 14.3 Å². The second-order valence-corrected chi connectivity index (χ2v) is 4.13. The maximum Gasteiger partial charge on any atom is 0.332 e. The predicted molar refractivity (Wildman–Crippen MR) is 60.0 cm³/mol. The summed E-state index contributed by atoms with van der Waals surface area (Å²) in [4.78, 5) is 26.3. The van der Waals surface area contributed by atoms with Crippen LogP contribution in [0, 0.1) is 0 Å². The molecule has 0 fully saturated rings. The summed E-state index contributed by atoms with van der Waals surface area (Å²) in [7, 11) is 0. The Bertz CT molecular complexity index is 697. The maximum atomic E-state index is 11.5. The highest BCUT2D eigenvalue weighted by molar-refractivity contribution is 8.02. The summed E-state index contributed by atoms with van der Waals surface area (Å²) < 4.78 is 1.46. The van der Waals surface area contributed by atoms with Crippen molar-refractivity contribution in [3.05, 3.63) is 44.4 Å². The van der Waals surface area contributed by atoms with Crippen LogP contribution in [-0.4, -0.2) is 9.55 Å². The third-order valence-electron chi connectivity index (χ3n) is 2.33. The second-order valence-electron chi connectivity index (χ2n) is 3.18. The van der Waals surface area contributed by atoms with E-state index in [2.05, 4.69) is 4.98 Å². The van der Waals surface area contributed by atoms with Gasteiger partial charge in [0.05, 0.1) is 10.9 Å². The number of H-pyrrole nitrogens is 1. The van der Waals surface area contributed by atoms with Crippen LogP contribution in [0.15, 0.2) is 38.1 Å². The van der Waals surface area contributed by atoms with Crippen LogP contribution in [0.25, 0.3) is 17.1 Å². The number of para-hydroxylation sites is 1.